The van der Waals surface area contributed by atoms with E-state index < -0.39 is 0 Å². The number of hydrogen-bond acceptors (Lipinski definition) is 3. The fourth-order valence-corrected chi connectivity index (χ4v) is 3.07. The second-order valence-corrected chi connectivity index (χ2v) is 6.01. The van der Waals surface area contributed by atoms with Gasteiger partial charge in [0.25, 0.3) is 0 Å². The second-order valence-electron chi connectivity index (χ2n) is 6.01. The highest BCUT2D eigenvalue weighted by molar-refractivity contribution is 5.49. The Morgan fingerprint density at radius 3 is 2.53 bits per heavy atom. The largest absolute Gasteiger partial charge is 0.393 e. The molecule has 17 heavy (non-hydrogen) atoms. The third-order valence-electron chi connectivity index (χ3n) is 4.12. The van der Waals surface area contributed by atoms with Gasteiger partial charge in [0.05, 0.1) is 18.0 Å². The van der Waals surface area contributed by atoms with Crippen molar-refractivity contribution >= 4 is 5.69 Å². The van der Waals surface area contributed by atoms with Gasteiger partial charge in [-0.05, 0) is 30.9 Å². The minimum atomic E-state index is -0.0430. The minimum Gasteiger partial charge on any atom is -0.393 e. The molecule has 2 aliphatic rings. The first-order chi connectivity index (χ1) is 8.08. The van der Waals surface area contributed by atoms with Crippen molar-refractivity contribution in [3.8, 4) is 0 Å². The summed E-state index contributed by atoms with van der Waals surface area (Å²) in [6.45, 7) is 6.51. The molecule has 3 rings (SSSR count). The number of pyridine rings is 1. The molecule has 2 fully saturated rings. The van der Waals surface area contributed by atoms with E-state index in [4.69, 9.17) is 0 Å². The van der Waals surface area contributed by atoms with Gasteiger partial charge in [-0.1, -0.05) is 13.8 Å². The first-order valence-electron chi connectivity index (χ1n) is 6.47. The Morgan fingerprint density at radius 1 is 1.35 bits per heavy atom. The zero-order valence-corrected chi connectivity index (χ0v) is 10.6. The van der Waals surface area contributed by atoms with Gasteiger partial charge in [0, 0.05) is 24.2 Å². The Morgan fingerprint density at radius 2 is 2.06 bits per heavy atom. The van der Waals surface area contributed by atoms with E-state index in [1.54, 1.807) is 0 Å². The molecule has 3 heteroatoms. The summed E-state index contributed by atoms with van der Waals surface area (Å²) in [5.74, 6) is 0.494. The SMILES string of the molecule is CC(C)c1ccc(N2CC3(CC(O)C3)C2)cn1. The van der Waals surface area contributed by atoms with Crippen LogP contribution in [0.15, 0.2) is 18.3 Å². The van der Waals surface area contributed by atoms with Crippen LogP contribution in [0.2, 0.25) is 0 Å². The molecular formula is C14H20N2O. The topological polar surface area (TPSA) is 36.4 Å². The standard InChI is InChI=1S/C14H20N2O/c1-10(2)13-4-3-11(7-15-13)16-8-14(9-16)5-12(17)6-14/h3-4,7,10,12,17H,5-6,8-9H2,1-2H3. The van der Waals surface area contributed by atoms with Crippen molar-refractivity contribution in [1.82, 2.24) is 4.98 Å². The van der Waals surface area contributed by atoms with Gasteiger partial charge in [-0.25, -0.2) is 0 Å². The highest BCUT2D eigenvalue weighted by Gasteiger charge is 2.51. The molecule has 3 nitrogen and oxygen atoms in total. The lowest BCUT2D eigenvalue weighted by Crippen LogP contribution is -2.63. The zero-order valence-electron chi connectivity index (χ0n) is 10.6. The lowest BCUT2D eigenvalue weighted by Gasteiger charge is -2.58. The van der Waals surface area contributed by atoms with Crippen molar-refractivity contribution in [3.63, 3.8) is 0 Å². The van der Waals surface area contributed by atoms with Crippen LogP contribution in [0.1, 0.15) is 38.3 Å². The molecule has 1 spiro atoms. The maximum Gasteiger partial charge on any atom is 0.0553 e. The average molecular weight is 232 g/mol. The summed E-state index contributed by atoms with van der Waals surface area (Å²) in [6.07, 6.45) is 3.91. The molecule has 1 saturated heterocycles. The second kappa shape index (κ2) is 3.70. The van der Waals surface area contributed by atoms with Crippen LogP contribution in [0.5, 0.6) is 0 Å². The lowest BCUT2D eigenvalue weighted by atomic mass is 9.62. The Kier molecular flexibility index (Phi) is 2.40. The van der Waals surface area contributed by atoms with Crippen LogP contribution in [0.4, 0.5) is 5.69 Å². The number of aliphatic hydroxyl groups excluding tert-OH is 1. The number of hydrogen-bond donors (Lipinski definition) is 1. The van der Waals surface area contributed by atoms with Crippen LogP contribution < -0.4 is 4.90 Å². The van der Waals surface area contributed by atoms with Gasteiger partial charge >= 0.3 is 0 Å². The summed E-state index contributed by atoms with van der Waals surface area (Å²) >= 11 is 0. The van der Waals surface area contributed by atoms with E-state index in [9.17, 15) is 5.11 Å². The molecule has 0 unspecified atom stereocenters. The van der Waals surface area contributed by atoms with Crippen molar-refractivity contribution in [1.29, 1.82) is 0 Å². The van der Waals surface area contributed by atoms with E-state index in [0.717, 1.165) is 31.6 Å². The van der Waals surface area contributed by atoms with Crippen molar-refractivity contribution in [3.05, 3.63) is 24.0 Å². The Labute approximate surface area is 102 Å². The Balaban J connectivity index is 1.63. The minimum absolute atomic E-state index is 0.0430. The fourth-order valence-electron chi connectivity index (χ4n) is 3.07. The van der Waals surface area contributed by atoms with E-state index in [1.165, 1.54) is 5.69 Å². The lowest BCUT2D eigenvalue weighted by molar-refractivity contribution is -0.0491. The number of nitrogens with zero attached hydrogens (tertiary/aromatic N) is 2. The van der Waals surface area contributed by atoms with E-state index >= 15 is 0 Å². The van der Waals surface area contributed by atoms with E-state index in [-0.39, 0.29) is 6.10 Å². The smallest absolute Gasteiger partial charge is 0.0553 e. The highest BCUT2D eigenvalue weighted by Crippen LogP contribution is 2.49. The first kappa shape index (κ1) is 11.0. The summed E-state index contributed by atoms with van der Waals surface area (Å²) in [5.41, 5.74) is 2.81. The molecule has 1 saturated carbocycles. The third-order valence-corrected chi connectivity index (χ3v) is 4.12. The normalized spacial score (nSPS) is 22.7. The maximum absolute atomic E-state index is 9.37. The van der Waals surface area contributed by atoms with Crippen molar-refractivity contribution < 1.29 is 5.11 Å². The predicted molar refractivity (Wildman–Crippen MR) is 68.2 cm³/mol. The van der Waals surface area contributed by atoms with Crippen molar-refractivity contribution in [2.24, 2.45) is 5.41 Å². The number of aromatic nitrogens is 1. The molecular weight excluding hydrogens is 212 g/mol. The van der Waals surface area contributed by atoms with E-state index in [1.807, 2.05) is 6.20 Å². The third kappa shape index (κ3) is 1.82. The van der Waals surface area contributed by atoms with Gasteiger partial charge < -0.3 is 10.0 Å². The molecule has 1 N–H and O–H groups in total. The highest BCUT2D eigenvalue weighted by atomic mass is 16.3. The molecule has 0 radical (unpaired) electrons. The molecule has 2 heterocycles. The molecule has 92 valence electrons. The average Bonchev–Trinajstić information content (AvgIpc) is 2.21. The van der Waals surface area contributed by atoms with Crippen molar-refractivity contribution in [2.75, 3.05) is 18.0 Å². The summed E-state index contributed by atoms with van der Waals surface area (Å²) < 4.78 is 0. The summed E-state index contributed by atoms with van der Waals surface area (Å²) in [4.78, 5) is 6.86. The van der Waals surface area contributed by atoms with Gasteiger partial charge in [-0.3, -0.25) is 4.98 Å². The molecule has 0 atom stereocenters. The van der Waals surface area contributed by atoms with Crippen LogP contribution in [-0.2, 0) is 0 Å². The van der Waals surface area contributed by atoms with Gasteiger partial charge in [-0.2, -0.15) is 0 Å². The van der Waals surface area contributed by atoms with Crippen LogP contribution >= 0.6 is 0 Å². The van der Waals surface area contributed by atoms with Gasteiger partial charge in [-0.15, -0.1) is 0 Å². The molecule has 1 aromatic heterocycles. The first-order valence-corrected chi connectivity index (χ1v) is 6.47. The van der Waals surface area contributed by atoms with Crippen LogP contribution in [-0.4, -0.2) is 29.3 Å². The van der Waals surface area contributed by atoms with Crippen LogP contribution in [0.25, 0.3) is 0 Å². The Bertz CT molecular complexity index is 399. The van der Waals surface area contributed by atoms with Gasteiger partial charge in [0.1, 0.15) is 0 Å². The maximum atomic E-state index is 9.37. The van der Waals surface area contributed by atoms with E-state index in [0.29, 0.717) is 11.3 Å². The van der Waals surface area contributed by atoms with Crippen LogP contribution in [0.3, 0.4) is 0 Å². The fraction of sp³-hybridized carbons (Fsp3) is 0.643. The molecule has 0 bridgehead atoms. The summed E-state index contributed by atoms with van der Waals surface area (Å²) in [7, 11) is 0. The Hall–Kier alpha value is -1.09. The molecule has 1 aliphatic carbocycles. The van der Waals surface area contributed by atoms with Gasteiger partial charge in [0.2, 0.25) is 0 Å². The molecule has 0 amide bonds. The monoisotopic (exact) mass is 232 g/mol. The molecule has 1 aromatic rings. The van der Waals surface area contributed by atoms with Crippen molar-refractivity contribution in [2.45, 2.75) is 38.7 Å². The zero-order chi connectivity index (χ0) is 12.0. The summed E-state index contributed by atoms with van der Waals surface area (Å²) in [5, 5.41) is 9.37. The molecule has 1 aliphatic heterocycles. The van der Waals surface area contributed by atoms with E-state index in [2.05, 4.69) is 35.9 Å². The van der Waals surface area contributed by atoms with Gasteiger partial charge in [0.15, 0.2) is 0 Å². The number of aliphatic hydroxyl groups is 1. The summed E-state index contributed by atoms with van der Waals surface area (Å²) in [6, 6.07) is 4.30. The quantitative estimate of drug-likeness (QED) is 0.849. The van der Waals surface area contributed by atoms with Crippen LogP contribution in [0, 0.1) is 5.41 Å². The predicted octanol–water partition coefficient (Wildman–Crippen LogP) is 2.17. The number of anilines is 1. The molecule has 0 aromatic carbocycles. The number of rotatable bonds is 2.